The lowest BCUT2D eigenvalue weighted by Gasteiger charge is -2.19. The molecule has 0 radical (unpaired) electrons. The van der Waals surface area contributed by atoms with Gasteiger partial charge >= 0.3 is 0 Å². The number of carbonyl (C=O) groups excluding carboxylic acids is 2. The number of hydrogen-bond donors (Lipinski definition) is 2. The lowest BCUT2D eigenvalue weighted by molar-refractivity contribution is -0.121. The third-order valence-electron chi connectivity index (χ3n) is 6.31. The van der Waals surface area contributed by atoms with Gasteiger partial charge < -0.3 is 10.6 Å². The Kier molecular flexibility index (Phi) is 5.69. The topological polar surface area (TPSA) is 84.0 Å². The Morgan fingerprint density at radius 1 is 0.700 bits per heavy atom. The van der Waals surface area contributed by atoms with Crippen molar-refractivity contribution in [1.29, 1.82) is 0 Å². The lowest BCUT2D eigenvalue weighted by Crippen LogP contribution is -2.24. The molecule has 0 bridgehead atoms. The maximum atomic E-state index is 12.5. The van der Waals surface area contributed by atoms with E-state index in [4.69, 9.17) is 0 Å². The molecule has 2 fully saturated rings. The van der Waals surface area contributed by atoms with Gasteiger partial charge in [0.15, 0.2) is 10.3 Å². The summed E-state index contributed by atoms with van der Waals surface area (Å²) in [6.45, 7) is 0. The molecule has 0 saturated heterocycles. The van der Waals surface area contributed by atoms with Gasteiger partial charge in [0.25, 0.3) is 0 Å². The van der Waals surface area contributed by atoms with E-state index in [-0.39, 0.29) is 23.7 Å². The number of carbonyl (C=O) groups is 2. The zero-order chi connectivity index (χ0) is 20.5. The van der Waals surface area contributed by atoms with Crippen LogP contribution in [0, 0.1) is 11.8 Å². The van der Waals surface area contributed by atoms with Crippen molar-refractivity contribution >= 4 is 65.2 Å². The number of hydrogen-bond acceptors (Lipinski definition) is 6. The van der Waals surface area contributed by atoms with Crippen LogP contribution in [-0.2, 0) is 9.59 Å². The van der Waals surface area contributed by atoms with E-state index in [0.717, 1.165) is 71.8 Å². The van der Waals surface area contributed by atoms with Gasteiger partial charge in [-0.15, -0.1) is 0 Å². The Hall–Kier alpha value is -2.06. The number of rotatable bonds is 4. The van der Waals surface area contributed by atoms with Crippen molar-refractivity contribution in [3.8, 4) is 0 Å². The molecule has 1 aromatic carbocycles. The number of thiazole rings is 2. The van der Waals surface area contributed by atoms with Gasteiger partial charge in [-0.05, 0) is 37.8 Å². The molecule has 2 N–H and O–H groups in total. The molecule has 6 nitrogen and oxygen atoms in total. The quantitative estimate of drug-likeness (QED) is 0.523. The van der Waals surface area contributed by atoms with Crippen molar-refractivity contribution < 1.29 is 9.59 Å². The fourth-order valence-corrected chi connectivity index (χ4v) is 6.37. The molecule has 158 valence electrons. The van der Waals surface area contributed by atoms with E-state index in [1.165, 1.54) is 35.5 Å². The van der Waals surface area contributed by atoms with E-state index in [1.807, 2.05) is 12.1 Å². The van der Waals surface area contributed by atoms with Gasteiger partial charge in [0.2, 0.25) is 11.8 Å². The molecule has 2 heterocycles. The van der Waals surface area contributed by atoms with Gasteiger partial charge in [0, 0.05) is 11.8 Å². The maximum Gasteiger partial charge on any atom is 0.229 e. The van der Waals surface area contributed by atoms with Crippen LogP contribution in [0.5, 0.6) is 0 Å². The van der Waals surface area contributed by atoms with E-state index >= 15 is 0 Å². The number of fused-ring (bicyclic) bond motifs is 2. The Morgan fingerprint density at radius 3 is 1.50 bits per heavy atom. The van der Waals surface area contributed by atoms with E-state index < -0.39 is 0 Å². The Morgan fingerprint density at radius 2 is 1.10 bits per heavy atom. The first-order chi connectivity index (χ1) is 14.7. The van der Waals surface area contributed by atoms with Crippen LogP contribution in [0.2, 0.25) is 0 Å². The predicted octanol–water partition coefficient (Wildman–Crippen LogP) is 5.94. The first kappa shape index (κ1) is 19.9. The number of nitrogens with zero attached hydrogens (tertiary/aromatic N) is 2. The van der Waals surface area contributed by atoms with Gasteiger partial charge in [0.1, 0.15) is 0 Å². The number of amides is 2. The molecule has 0 aliphatic heterocycles. The molecule has 2 aromatic heterocycles. The SMILES string of the molecule is O=C(Nc1nc2cc3sc(NC(=O)C4CCCCC4)nc3cc2s1)C1CCCCC1. The van der Waals surface area contributed by atoms with Gasteiger partial charge in [-0.2, -0.15) is 0 Å². The van der Waals surface area contributed by atoms with Crippen molar-refractivity contribution in [3.05, 3.63) is 12.1 Å². The molecular formula is C22H26N4O2S2. The Labute approximate surface area is 183 Å². The molecule has 8 heteroatoms. The second kappa shape index (κ2) is 8.59. The highest BCUT2D eigenvalue weighted by molar-refractivity contribution is 7.23. The number of aromatic nitrogens is 2. The molecule has 2 saturated carbocycles. The van der Waals surface area contributed by atoms with Crippen molar-refractivity contribution in [3.63, 3.8) is 0 Å². The molecule has 2 aliphatic carbocycles. The van der Waals surface area contributed by atoms with E-state index in [1.54, 1.807) is 0 Å². The summed E-state index contributed by atoms with van der Waals surface area (Å²) >= 11 is 2.97. The van der Waals surface area contributed by atoms with Crippen LogP contribution in [0.1, 0.15) is 64.2 Å². The number of nitrogens with one attached hydrogen (secondary N) is 2. The fourth-order valence-electron chi connectivity index (χ4n) is 4.60. The minimum atomic E-state index is 0.0985. The summed E-state index contributed by atoms with van der Waals surface area (Å²) in [7, 11) is 0. The van der Waals surface area contributed by atoms with E-state index in [2.05, 4.69) is 20.6 Å². The molecule has 2 amide bonds. The maximum absolute atomic E-state index is 12.5. The molecule has 3 aromatic rings. The summed E-state index contributed by atoms with van der Waals surface area (Å²) in [6.07, 6.45) is 10.9. The van der Waals surface area contributed by atoms with Crippen molar-refractivity contribution in [1.82, 2.24) is 9.97 Å². The third kappa shape index (κ3) is 4.21. The third-order valence-corrected chi connectivity index (χ3v) is 8.18. The fraction of sp³-hybridized carbons (Fsp3) is 0.545. The van der Waals surface area contributed by atoms with Crippen molar-refractivity contribution in [2.45, 2.75) is 64.2 Å². The summed E-state index contributed by atoms with van der Waals surface area (Å²) in [5.74, 6) is 0.431. The molecule has 0 atom stereocenters. The van der Waals surface area contributed by atoms with Gasteiger partial charge in [-0.25, -0.2) is 9.97 Å². The average molecular weight is 443 g/mol. The predicted molar refractivity (Wildman–Crippen MR) is 123 cm³/mol. The van der Waals surface area contributed by atoms with Crippen LogP contribution >= 0.6 is 22.7 Å². The van der Waals surface area contributed by atoms with Crippen molar-refractivity contribution in [2.75, 3.05) is 10.6 Å². The first-order valence-electron chi connectivity index (χ1n) is 11.0. The van der Waals surface area contributed by atoms with Crippen LogP contribution in [-0.4, -0.2) is 21.8 Å². The summed E-state index contributed by atoms with van der Waals surface area (Å²) in [5, 5.41) is 7.35. The summed E-state index contributed by atoms with van der Waals surface area (Å²) in [6, 6.07) is 4.01. The van der Waals surface area contributed by atoms with Gasteiger partial charge in [-0.3, -0.25) is 9.59 Å². The van der Waals surface area contributed by atoms with E-state index in [0.29, 0.717) is 10.3 Å². The molecule has 5 rings (SSSR count). The standard InChI is InChI=1S/C22H26N4O2S2/c27-19(13-7-3-1-4-8-13)25-21-23-15-11-18-16(12-17(15)29-21)24-22(30-18)26-20(28)14-9-5-2-6-10-14/h11-14H,1-10H2,(H,23,25,27)(H,24,26,28). The smallest absolute Gasteiger partial charge is 0.229 e. The van der Waals surface area contributed by atoms with Crippen molar-refractivity contribution in [2.24, 2.45) is 11.8 Å². The highest BCUT2D eigenvalue weighted by atomic mass is 32.1. The van der Waals surface area contributed by atoms with Crippen LogP contribution in [0.3, 0.4) is 0 Å². The molecule has 0 spiro atoms. The second-order valence-electron chi connectivity index (χ2n) is 8.47. The van der Waals surface area contributed by atoms with Gasteiger partial charge in [0.05, 0.1) is 20.4 Å². The lowest BCUT2D eigenvalue weighted by atomic mass is 9.89. The average Bonchev–Trinajstić information content (AvgIpc) is 3.34. The number of benzene rings is 1. The zero-order valence-corrected chi connectivity index (χ0v) is 18.5. The molecule has 30 heavy (non-hydrogen) atoms. The van der Waals surface area contributed by atoms with Gasteiger partial charge in [-0.1, -0.05) is 61.2 Å². The summed E-state index contributed by atoms with van der Waals surface area (Å²) in [4.78, 5) is 34.3. The minimum absolute atomic E-state index is 0.0985. The second-order valence-corrected chi connectivity index (χ2v) is 10.5. The highest BCUT2D eigenvalue weighted by Crippen LogP contribution is 2.35. The summed E-state index contributed by atoms with van der Waals surface area (Å²) < 4.78 is 1.99. The van der Waals surface area contributed by atoms with Crippen LogP contribution in [0.4, 0.5) is 10.3 Å². The van der Waals surface area contributed by atoms with E-state index in [9.17, 15) is 9.59 Å². The number of anilines is 2. The first-order valence-corrected chi connectivity index (χ1v) is 12.6. The highest BCUT2D eigenvalue weighted by Gasteiger charge is 2.23. The normalized spacial score (nSPS) is 18.7. The molecule has 0 unspecified atom stereocenters. The zero-order valence-electron chi connectivity index (χ0n) is 16.9. The Bertz CT molecular complexity index is 945. The molecular weight excluding hydrogens is 416 g/mol. The molecule has 2 aliphatic rings. The van der Waals surface area contributed by atoms with Crippen LogP contribution in [0.15, 0.2) is 12.1 Å². The monoisotopic (exact) mass is 442 g/mol. The Balaban J connectivity index is 1.30. The van der Waals surface area contributed by atoms with Crippen LogP contribution < -0.4 is 10.6 Å². The largest absolute Gasteiger partial charge is 0.302 e. The van der Waals surface area contributed by atoms with Crippen LogP contribution in [0.25, 0.3) is 20.4 Å². The summed E-state index contributed by atoms with van der Waals surface area (Å²) in [5.41, 5.74) is 1.72. The minimum Gasteiger partial charge on any atom is -0.302 e.